The van der Waals surface area contributed by atoms with Crippen molar-refractivity contribution >= 4 is 34.9 Å². The largest absolute Gasteiger partial charge is 0.416 e. The molecule has 4 aliphatic rings. The van der Waals surface area contributed by atoms with Crippen molar-refractivity contribution in [1.82, 2.24) is 19.9 Å². The minimum atomic E-state index is -5.00. The van der Waals surface area contributed by atoms with Gasteiger partial charge in [0, 0.05) is 56.6 Å². The van der Waals surface area contributed by atoms with Gasteiger partial charge in [0.25, 0.3) is 6.23 Å². The summed E-state index contributed by atoms with van der Waals surface area (Å²) < 4.78 is 91.3. The van der Waals surface area contributed by atoms with Crippen LogP contribution in [0.3, 0.4) is 0 Å². The number of hydrogen-bond acceptors (Lipinski definition) is 10. The molecule has 18 heteroatoms. The first-order valence-electron chi connectivity index (χ1n) is 18.1. The standard InChI is InChI=1S/C36H41ClF6N9O2/c1-2-27-14-28(21-50(27)32-30(37)18-46-34(48-32)49-8-6-29(53)7-9-49)51(19-22-11-25(35(38,39)40)13-26(12-22)36(41,42)43)33-44-15-23(16-45-33)24-17-47-52(20-24)31-5-3-4-10-54-31/h11-13,15-18,27-29,31,53H,2-10,14,19-21H2,1H3/q+1/t27-,28+,31?/m1/s1. The van der Waals surface area contributed by atoms with Crippen molar-refractivity contribution < 1.29 is 40.9 Å². The Bertz CT molecular complexity index is 1830. The SMILES string of the molecule is CC[C@@H]1C[C@H](N(Cc2cc(C(F)(F)F)cc(C(F)(F)F)c2)c2ncc(C3=CN=[N+](C4CCCCO4)C3)cn2)CN1c1nc(N2CCC(O)CC2)ncc1Cl. The highest BCUT2D eigenvalue weighted by Crippen LogP contribution is 2.39. The Balaban J connectivity index is 1.20. The molecule has 4 aliphatic heterocycles. The maximum absolute atomic E-state index is 13.9. The number of azo groups is 2. The molecule has 3 fully saturated rings. The van der Waals surface area contributed by atoms with Crippen molar-refractivity contribution in [3.05, 3.63) is 70.3 Å². The van der Waals surface area contributed by atoms with Crippen molar-refractivity contribution in [3.8, 4) is 0 Å². The van der Waals surface area contributed by atoms with Gasteiger partial charge in [-0.3, -0.25) is 0 Å². The average molecular weight is 781 g/mol. The van der Waals surface area contributed by atoms with E-state index in [4.69, 9.17) is 21.3 Å². The number of aliphatic hydroxyl groups excluding tert-OH is 1. The number of halogens is 7. The fourth-order valence-corrected chi connectivity index (χ4v) is 7.74. The average Bonchev–Trinajstić information content (AvgIpc) is 3.83. The highest BCUT2D eigenvalue weighted by Gasteiger charge is 2.40. The molecule has 290 valence electrons. The van der Waals surface area contributed by atoms with Crippen LogP contribution in [0.25, 0.3) is 5.57 Å². The van der Waals surface area contributed by atoms with Crippen LogP contribution in [0.1, 0.15) is 74.1 Å². The Hall–Kier alpha value is -4.09. The normalized spacial score (nSPS) is 22.8. The minimum Gasteiger partial charge on any atom is -0.393 e. The fourth-order valence-electron chi connectivity index (χ4n) is 7.54. The third kappa shape index (κ3) is 8.42. The van der Waals surface area contributed by atoms with E-state index in [0.29, 0.717) is 74.3 Å². The monoisotopic (exact) mass is 780 g/mol. The van der Waals surface area contributed by atoms with Gasteiger partial charge in [0.15, 0.2) is 12.4 Å². The van der Waals surface area contributed by atoms with Crippen molar-refractivity contribution in [1.29, 1.82) is 0 Å². The summed E-state index contributed by atoms with van der Waals surface area (Å²) in [5.74, 6) is 1.08. The molecule has 3 saturated heterocycles. The van der Waals surface area contributed by atoms with Gasteiger partial charge in [-0.1, -0.05) is 23.2 Å². The zero-order chi connectivity index (χ0) is 38.2. The quantitative estimate of drug-likeness (QED) is 0.177. The van der Waals surface area contributed by atoms with Crippen LogP contribution in [0.4, 0.5) is 44.1 Å². The van der Waals surface area contributed by atoms with Crippen LogP contribution in [-0.4, -0.2) is 86.9 Å². The molecule has 7 rings (SSSR count). The molecule has 1 aromatic carbocycles. The molecule has 6 heterocycles. The van der Waals surface area contributed by atoms with Gasteiger partial charge in [-0.2, -0.15) is 31.3 Å². The summed E-state index contributed by atoms with van der Waals surface area (Å²) in [6, 6.07) is 1.03. The number of piperidine rings is 1. The predicted octanol–water partition coefficient (Wildman–Crippen LogP) is 7.33. The Kier molecular flexibility index (Phi) is 11.0. The molecule has 0 saturated carbocycles. The van der Waals surface area contributed by atoms with Gasteiger partial charge in [-0.25, -0.2) is 15.0 Å². The molecule has 0 amide bonds. The number of anilines is 3. The molecule has 3 aromatic rings. The second-order valence-corrected chi connectivity index (χ2v) is 14.6. The van der Waals surface area contributed by atoms with Crippen LogP contribution in [-0.2, 0) is 23.6 Å². The van der Waals surface area contributed by atoms with E-state index >= 15 is 0 Å². The Morgan fingerprint density at radius 3 is 2.30 bits per heavy atom. The number of rotatable bonds is 9. The molecule has 1 N–H and O–H groups in total. The number of alkyl halides is 6. The van der Waals surface area contributed by atoms with E-state index in [1.807, 2.05) is 21.4 Å². The topological polar surface area (TPSA) is 106 Å². The van der Waals surface area contributed by atoms with E-state index in [2.05, 4.69) is 20.1 Å². The van der Waals surface area contributed by atoms with Gasteiger partial charge in [0.1, 0.15) is 11.2 Å². The summed E-state index contributed by atoms with van der Waals surface area (Å²) in [4.78, 5) is 24.2. The number of aromatic nitrogens is 4. The lowest BCUT2D eigenvalue weighted by Crippen LogP contribution is -2.39. The summed E-state index contributed by atoms with van der Waals surface area (Å²) >= 11 is 6.69. The number of aliphatic hydroxyl groups is 1. The summed E-state index contributed by atoms with van der Waals surface area (Å²) in [7, 11) is 0. The lowest BCUT2D eigenvalue weighted by Gasteiger charge is -2.32. The van der Waals surface area contributed by atoms with Gasteiger partial charge < -0.3 is 24.5 Å². The molecule has 3 atom stereocenters. The van der Waals surface area contributed by atoms with Crippen molar-refractivity contribution in [3.63, 3.8) is 0 Å². The van der Waals surface area contributed by atoms with Gasteiger partial charge >= 0.3 is 12.4 Å². The van der Waals surface area contributed by atoms with E-state index < -0.39 is 29.5 Å². The highest BCUT2D eigenvalue weighted by molar-refractivity contribution is 6.32. The maximum Gasteiger partial charge on any atom is 0.416 e. The Labute approximate surface area is 313 Å². The molecular formula is C36H41ClF6N9O2+. The number of hydrogen-bond donors (Lipinski definition) is 1. The van der Waals surface area contributed by atoms with Gasteiger partial charge in [-0.15, -0.1) is 0 Å². The van der Waals surface area contributed by atoms with E-state index in [1.165, 1.54) is 6.20 Å². The summed E-state index contributed by atoms with van der Waals surface area (Å²) in [6.45, 7) is 4.23. The number of ether oxygens (including phenoxy) is 1. The van der Waals surface area contributed by atoms with Crippen molar-refractivity contribution in [2.24, 2.45) is 5.11 Å². The van der Waals surface area contributed by atoms with Crippen LogP contribution in [0.15, 0.2) is 48.1 Å². The molecule has 2 aromatic heterocycles. The third-order valence-corrected chi connectivity index (χ3v) is 10.8. The Morgan fingerprint density at radius 2 is 1.67 bits per heavy atom. The second-order valence-electron chi connectivity index (χ2n) is 14.2. The van der Waals surface area contributed by atoms with Gasteiger partial charge in [-0.05, 0) is 67.4 Å². The first kappa shape index (κ1) is 38.2. The number of benzene rings is 1. The van der Waals surface area contributed by atoms with E-state index in [1.54, 1.807) is 23.5 Å². The molecule has 0 aliphatic carbocycles. The van der Waals surface area contributed by atoms with E-state index in [0.717, 1.165) is 37.0 Å². The summed E-state index contributed by atoms with van der Waals surface area (Å²) in [6.07, 6.45) is 1.11. The molecule has 0 radical (unpaired) electrons. The minimum absolute atomic E-state index is 0.124. The zero-order valence-electron chi connectivity index (χ0n) is 29.6. The predicted molar refractivity (Wildman–Crippen MR) is 188 cm³/mol. The molecular weight excluding hydrogens is 740 g/mol. The van der Waals surface area contributed by atoms with Crippen LogP contribution < -0.4 is 14.7 Å². The third-order valence-electron chi connectivity index (χ3n) is 10.5. The first-order valence-corrected chi connectivity index (χ1v) is 18.5. The van der Waals surface area contributed by atoms with Gasteiger partial charge in [0.2, 0.25) is 11.9 Å². The van der Waals surface area contributed by atoms with Crippen molar-refractivity contribution in [2.45, 2.75) is 95.2 Å². The fraction of sp³-hybridized carbons (Fsp3) is 0.556. The lowest BCUT2D eigenvalue weighted by atomic mass is 10.0. The zero-order valence-corrected chi connectivity index (χ0v) is 30.3. The van der Waals surface area contributed by atoms with E-state index in [-0.39, 0.29) is 49.0 Å². The molecule has 11 nitrogen and oxygen atoms in total. The first-order chi connectivity index (χ1) is 25.8. The summed E-state index contributed by atoms with van der Waals surface area (Å²) in [5.41, 5.74) is -1.44. The maximum atomic E-state index is 13.9. The van der Waals surface area contributed by atoms with Crippen LogP contribution >= 0.6 is 11.6 Å². The molecule has 1 unspecified atom stereocenters. The lowest BCUT2D eigenvalue weighted by molar-refractivity contribution is -0.656. The number of nitrogens with zero attached hydrogens (tertiary/aromatic N) is 9. The van der Waals surface area contributed by atoms with Crippen LogP contribution in [0.2, 0.25) is 5.02 Å². The second kappa shape index (κ2) is 15.6. The van der Waals surface area contributed by atoms with Crippen LogP contribution in [0.5, 0.6) is 0 Å². The molecule has 0 bridgehead atoms. The van der Waals surface area contributed by atoms with Crippen molar-refractivity contribution in [2.75, 3.05) is 47.5 Å². The Morgan fingerprint density at radius 1 is 0.963 bits per heavy atom. The van der Waals surface area contributed by atoms with Crippen LogP contribution in [0, 0.1) is 0 Å². The molecule has 54 heavy (non-hydrogen) atoms. The highest BCUT2D eigenvalue weighted by atomic mass is 35.5. The van der Waals surface area contributed by atoms with Gasteiger partial charge in [0.05, 0.1) is 41.6 Å². The smallest absolute Gasteiger partial charge is 0.393 e. The summed E-state index contributed by atoms with van der Waals surface area (Å²) in [5, 5.41) is 14.8. The molecule has 0 spiro atoms. The van der Waals surface area contributed by atoms with E-state index in [9.17, 15) is 31.4 Å².